The summed E-state index contributed by atoms with van der Waals surface area (Å²) in [4.78, 5) is 12.5. The largest absolute Gasteiger partial charge is 0.350 e. The number of carbonyl (C=O) groups is 1. The highest BCUT2D eigenvalue weighted by atomic mass is 32.1. The Balaban J connectivity index is 1.52. The second kappa shape index (κ2) is 6.50. The smallest absolute Gasteiger partial charge is 0.251 e. The van der Waals surface area contributed by atoms with Crippen LogP contribution in [0.3, 0.4) is 0 Å². The van der Waals surface area contributed by atoms with Gasteiger partial charge in [-0.1, -0.05) is 0 Å². The second-order valence-electron chi connectivity index (χ2n) is 5.24. The van der Waals surface area contributed by atoms with Crippen molar-refractivity contribution in [2.24, 2.45) is 0 Å². The van der Waals surface area contributed by atoms with E-state index >= 15 is 0 Å². The average Bonchev–Trinajstić information content (AvgIpc) is 3.36. The molecule has 0 bridgehead atoms. The Morgan fingerprint density at radius 2 is 2.17 bits per heavy atom. The first kappa shape index (κ1) is 15.0. The minimum absolute atomic E-state index is 0.0279. The van der Waals surface area contributed by atoms with Gasteiger partial charge in [0, 0.05) is 24.5 Å². The average molecular weight is 355 g/mol. The number of fused-ring (bicyclic) bond motifs is 1. The fourth-order valence-electron chi connectivity index (χ4n) is 2.51. The lowest BCUT2D eigenvalue weighted by Gasteiger charge is -2.17. The maximum Gasteiger partial charge on any atom is 0.251 e. The van der Waals surface area contributed by atoms with Gasteiger partial charge in [0.1, 0.15) is 11.0 Å². The van der Waals surface area contributed by atoms with E-state index in [2.05, 4.69) is 30.6 Å². The van der Waals surface area contributed by atoms with Crippen LogP contribution >= 0.6 is 23.1 Å². The van der Waals surface area contributed by atoms with E-state index in [4.69, 9.17) is 0 Å². The molecule has 4 aromatic rings. The molecule has 1 amide bonds. The van der Waals surface area contributed by atoms with Crippen molar-refractivity contribution in [3.05, 3.63) is 64.6 Å². The summed E-state index contributed by atoms with van der Waals surface area (Å²) in [6.07, 6.45) is 3.64. The third-order valence-electron chi connectivity index (χ3n) is 3.74. The Morgan fingerprint density at radius 1 is 1.25 bits per heavy atom. The lowest BCUT2D eigenvalue weighted by atomic mass is 10.1. The topological polar surface area (TPSA) is 72.7 Å². The van der Waals surface area contributed by atoms with Crippen molar-refractivity contribution in [1.82, 2.24) is 23.8 Å². The van der Waals surface area contributed by atoms with Crippen molar-refractivity contribution < 1.29 is 4.79 Å². The fourth-order valence-corrected chi connectivity index (χ4v) is 3.73. The molecule has 0 fully saturated rings. The SMILES string of the molecule is O=C(NCC(c1ccsc1)n1cccn1)c1ccc2nsnc2c1. The molecule has 0 aliphatic rings. The van der Waals surface area contributed by atoms with Gasteiger partial charge in [-0.05, 0) is 46.7 Å². The van der Waals surface area contributed by atoms with Crippen molar-refractivity contribution in [2.45, 2.75) is 6.04 Å². The molecule has 0 saturated heterocycles. The summed E-state index contributed by atoms with van der Waals surface area (Å²) in [5.74, 6) is -0.128. The summed E-state index contributed by atoms with van der Waals surface area (Å²) in [5.41, 5.74) is 3.27. The molecule has 8 heteroatoms. The Kier molecular flexibility index (Phi) is 4.06. The molecule has 0 spiro atoms. The van der Waals surface area contributed by atoms with Crippen LogP contribution in [0.25, 0.3) is 11.0 Å². The van der Waals surface area contributed by atoms with Gasteiger partial charge in [0.25, 0.3) is 5.91 Å². The minimum Gasteiger partial charge on any atom is -0.350 e. The normalized spacial score (nSPS) is 12.3. The predicted molar refractivity (Wildman–Crippen MR) is 94.4 cm³/mol. The molecule has 0 saturated carbocycles. The predicted octanol–water partition coefficient (Wildman–Crippen LogP) is 2.97. The van der Waals surface area contributed by atoms with Gasteiger partial charge in [0.05, 0.1) is 17.8 Å². The van der Waals surface area contributed by atoms with Gasteiger partial charge in [-0.2, -0.15) is 25.2 Å². The second-order valence-corrected chi connectivity index (χ2v) is 6.54. The van der Waals surface area contributed by atoms with Gasteiger partial charge < -0.3 is 5.32 Å². The number of hydrogen-bond donors (Lipinski definition) is 1. The van der Waals surface area contributed by atoms with E-state index in [1.807, 2.05) is 28.4 Å². The Morgan fingerprint density at radius 3 is 2.96 bits per heavy atom. The summed E-state index contributed by atoms with van der Waals surface area (Å²) in [7, 11) is 0. The van der Waals surface area contributed by atoms with Crippen LogP contribution in [0.4, 0.5) is 0 Å². The molecule has 6 nitrogen and oxygen atoms in total. The molecule has 4 rings (SSSR count). The van der Waals surface area contributed by atoms with Crippen molar-refractivity contribution in [3.63, 3.8) is 0 Å². The third kappa shape index (κ3) is 2.93. The standard InChI is InChI=1S/C16H13N5OS2/c22-16(11-2-3-13-14(8-11)20-24-19-13)17-9-15(12-4-7-23-10-12)21-6-1-5-18-21/h1-8,10,15H,9H2,(H,17,22). The number of nitrogens with one attached hydrogen (secondary N) is 1. The number of rotatable bonds is 5. The zero-order valence-corrected chi connectivity index (χ0v) is 14.1. The van der Waals surface area contributed by atoms with Crippen LogP contribution in [-0.2, 0) is 0 Å². The van der Waals surface area contributed by atoms with Gasteiger partial charge in [-0.25, -0.2) is 0 Å². The fraction of sp³-hybridized carbons (Fsp3) is 0.125. The zero-order chi connectivity index (χ0) is 16.4. The highest BCUT2D eigenvalue weighted by Gasteiger charge is 2.16. The van der Waals surface area contributed by atoms with E-state index < -0.39 is 0 Å². The van der Waals surface area contributed by atoms with E-state index in [1.54, 1.807) is 29.7 Å². The molecule has 3 heterocycles. The monoisotopic (exact) mass is 355 g/mol. The van der Waals surface area contributed by atoms with Crippen molar-refractivity contribution in [1.29, 1.82) is 0 Å². The lowest BCUT2D eigenvalue weighted by Crippen LogP contribution is -2.31. The Hall–Kier alpha value is -2.58. The molecule has 1 N–H and O–H groups in total. The van der Waals surface area contributed by atoms with Gasteiger partial charge >= 0.3 is 0 Å². The van der Waals surface area contributed by atoms with E-state index in [1.165, 1.54) is 0 Å². The van der Waals surface area contributed by atoms with Crippen molar-refractivity contribution >= 4 is 40.0 Å². The molecule has 24 heavy (non-hydrogen) atoms. The molecule has 1 aromatic carbocycles. The number of amides is 1. The molecule has 0 aliphatic carbocycles. The van der Waals surface area contributed by atoms with Gasteiger partial charge in [-0.15, -0.1) is 0 Å². The van der Waals surface area contributed by atoms with Crippen LogP contribution in [0.1, 0.15) is 22.0 Å². The molecule has 1 unspecified atom stereocenters. The van der Waals surface area contributed by atoms with Crippen LogP contribution in [0.5, 0.6) is 0 Å². The minimum atomic E-state index is -0.128. The van der Waals surface area contributed by atoms with Crippen molar-refractivity contribution in [2.75, 3.05) is 6.54 Å². The third-order valence-corrected chi connectivity index (χ3v) is 5.00. The number of nitrogens with zero attached hydrogens (tertiary/aromatic N) is 4. The number of hydrogen-bond acceptors (Lipinski definition) is 6. The van der Waals surface area contributed by atoms with Gasteiger partial charge in [-0.3, -0.25) is 9.48 Å². The molecule has 0 radical (unpaired) electrons. The maximum absolute atomic E-state index is 12.5. The molecular weight excluding hydrogens is 342 g/mol. The van der Waals surface area contributed by atoms with Crippen LogP contribution in [0, 0.1) is 0 Å². The highest BCUT2D eigenvalue weighted by Crippen LogP contribution is 2.20. The quantitative estimate of drug-likeness (QED) is 0.597. The highest BCUT2D eigenvalue weighted by molar-refractivity contribution is 7.08. The Labute approximate surface area is 146 Å². The van der Waals surface area contributed by atoms with E-state index in [-0.39, 0.29) is 11.9 Å². The summed E-state index contributed by atoms with van der Waals surface area (Å²) in [5, 5.41) is 11.4. The lowest BCUT2D eigenvalue weighted by molar-refractivity contribution is 0.0949. The van der Waals surface area contributed by atoms with E-state index in [0.717, 1.165) is 28.3 Å². The molecule has 0 aliphatic heterocycles. The van der Waals surface area contributed by atoms with Crippen LogP contribution in [0.2, 0.25) is 0 Å². The van der Waals surface area contributed by atoms with Crippen LogP contribution in [-0.4, -0.2) is 31.0 Å². The molecule has 120 valence electrons. The van der Waals surface area contributed by atoms with Crippen LogP contribution in [0.15, 0.2) is 53.5 Å². The molecule has 1 atom stereocenters. The number of aromatic nitrogens is 4. The summed E-state index contributed by atoms with van der Waals surface area (Å²) in [6, 6.07) is 9.26. The first-order valence-electron chi connectivity index (χ1n) is 7.33. The molecular formula is C16H13N5OS2. The Bertz CT molecular complexity index is 912. The number of thiophene rings is 1. The summed E-state index contributed by atoms with van der Waals surface area (Å²) >= 11 is 2.78. The zero-order valence-electron chi connectivity index (χ0n) is 12.5. The summed E-state index contributed by atoms with van der Waals surface area (Å²) < 4.78 is 10.2. The van der Waals surface area contributed by atoms with Crippen LogP contribution < -0.4 is 5.32 Å². The number of carbonyl (C=O) groups excluding carboxylic acids is 1. The first-order chi connectivity index (χ1) is 11.8. The first-order valence-corrected chi connectivity index (χ1v) is 9.00. The summed E-state index contributed by atoms with van der Waals surface area (Å²) in [6.45, 7) is 0.463. The van der Waals surface area contributed by atoms with Gasteiger partial charge in [0.15, 0.2) is 0 Å². The maximum atomic E-state index is 12.5. The van der Waals surface area contributed by atoms with Crippen molar-refractivity contribution in [3.8, 4) is 0 Å². The van der Waals surface area contributed by atoms with E-state index in [9.17, 15) is 4.79 Å². The molecule has 3 aromatic heterocycles. The number of benzene rings is 1. The van der Waals surface area contributed by atoms with E-state index in [0.29, 0.717) is 12.1 Å². The van der Waals surface area contributed by atoms with Gasteiger partial charge in [0.2, 0.25) is 0 Å².